The van der Waals surface area contributed by atoms with E-state index in [1.54, 1.807) is 18.2 Å². The van der Waals surface area contributed by atoms with Crippen molar-refractivity contribution in [2.24, 2.45) is 0 Å². The van der Waals surface area contributed by atoms with Crippen LogP contribution in [0.1, 0.15) is 31.2 Å². The maximum atomic E-state index is 14.3. The topological polar surface area (TPSA) is 102 Å². The molecule has 0 amide bonds. The molecule has 34 heavy (non-hydrogen) atoms. The van der Waals surface area contributed by atoms with E-state index in [4.69, 9.17) is 9.47 Å². The average Bonchev–Trinajstić information content (AvgIpc) is 3.53. The van der Waals surface area contributed by atoms with Crippen molar-refractivity contribution in [1.29, 1.82) is 0 Å². The first-order valence-corrected chi connectivity index (χ1v) is 14.2. The van der Waals surface area contributed by atoms with E-state index in [2.05, 4.69) is 4.72 Å². The van der Waals surface area contributed by atoms with Gasteiger partial charge in [0.15, 0.2) is 0 Å². The molecule has 2 heterocycles. The summed E-state index contributed by atoms with van der Waals surface area (Å²) in [5, 5.41) is 0. The highest BCUT2D eigenvalue weighted by atomic mass is 32.2. The van der Waals surface area contributed by atoms with Crippen LogP contribution in [-0.2, 0) is 36.1 Å². The summed E-state index contributed by atoms with van der Waals surface area (Å²) in [4.78, 5) is -0.107. The van der Waals surface area contributed by atoms with Gasteiger partial charge in [-0.05, 0) is 56.0 Å². The predicted molar refractivity (Wildman–Crippen MR) is 124 cm³/mol. The van der Waals surface area contributed by atoms with Gasteiger partial charge in [0.1, 0.15) is 5.82 Å². The lowest BCUT2D eigenvalue weighted by molar-refractivity contribution is 0.0924. The third kappa shape index (κ3) is 6.02. The second-order valence-electron chi connectivity index (χ2n) is 8.48. The zero-order chi connectivity index (χ0) is 24.2. The van der Waals surface area contributed by atoms with Gasteiger partial charge in [0, 0.05) is 38.4 Å². The largest absolute Gasteiger partial charge is 0.377 e. The molecular weight excluding hydrogens is 483 g/mol. The van der Waals surface area contributed by atoms with Crippen molar-refractivity contribution in [1.82, 2.24) is 9.03 Å². The molecule has 2 fully saturated rings. The van der Waals surface area contributed by atoms with Crippen LogP contribution in [-0.4, -0.2) is 59.7 Å². The fourth-order valence-corrected chi connectivity index (χ4v) is 6.63. The molecule has 0 aromatic heterocycles. The summed E-state index contributed by atoms with van der Waals surface area (Å²) in [5.41, 5.74) is 0.251. The molecule has 0 radical (unpaired) electrons. The Balaban J connectivity index is 1.53. The Morgan fingerprint density at radius 2 is 1.50 bits per heavy atom. The van der Waals surface area contributed by atoms with Crippen LogP contribution in [0.25, 0.3) is 0 Å². The fraction of sp³-hybridized carbons (Fsp3) is 0.478. The minimum Gasteiger partial charge on any atom is -0.377 e. The zero-order valence-corrected chi connectivity index (χ0v) is 20.4. The molecule has 2 aromatic carbocycles. The van der Waals surface area contributed by atoms with Gasteiger partial charge in [0.25, 0.3) is 0 Å². The average molecular weight is 513 g/mol. The molecule has 1 N–H and O–H groups in total. The summed E-state index contributed by atoms with van der Waals surface area (Å²) in [6.45, 7) is 1.27. The van der Waals surface area contributed by atoms with Crippen LogP contribution in [0.4, 0.5) is 4.39 Å². The molecular formula is C23H29FN2O6S2. The number of nitrogens with zero attached hydrogens (tertiary/aromatic N) is 1. The first-order chi connectivity index (χ1) is 16.3. The van der Waals surface area contributed by atoms with Crippen molar-refractivity contribution in [3.8, 4) is 0 Å². The van der Waals surface area contributed by atoms with Gasteiger partial charge in [-0.15, -0.1) is 0 Å². The highest BCUT2D eigenvalue weighted by Crippen LogP contribution is 2.24. The molecule has 2 aliphatic rings. The molecule has 0 spiro atoms. The van der Waals surface area contributed by atoms with Crippen LogP contribution in [0.3, 0.4) is 0 Å². The van der Waals surface area contributed by atoms with E-state index < -0.39 is 25.9 Å². The fourth-order valence-electron chi connectivity index (χ4n) is 4.11. The molecule has 0 bridgehead atoms. The molecule has 8 nitrogen and oxygen atoms in total. The first-order valence-electron chi connectivity index (χ1n) is 11.3. The van der Waals surface area contributed by atoms with E-state index >= 15 is 0 Å². The lowest BCUT2D eigenvalue weighted by Crippen LogP contribution is -2.37. The number of nitrogens with one attached hydrogen (secondary N) is 1. The Morgan fingerprint density at radius 3 is 2.12 bits per heavy atom. The van der Waals surface area contributed by atoms with E-state index in [-0.39, 0.29) is 47.2 Å². The minimum absolute atomic E-state index is 0.0378. The van der Waals surface area contributed by atoms with Crippen LogP contribution < -0.4 is 4.72 Å². The molecule has 0 aliphatic carbocycles. The van der Waals surface area contributed by atoms with E-state index in [9.17, 15) is 21.2 Å². The molecule has 2 saturated heterocycles. The summed E-state index contributed by atoms with van der Waals surface area (Å²) < 4.78 is 81.2. The predicted octanol–water partition coefficient (Wildman–Crippen LogP) is 2.65. The number of halogens is 1. The van der Waals surface area contributed by atoms with Crippen molar-refractivity contribution in [3.63, 3.8) is 0 Å². The second kappa shape index (κ2) is 10.8. The van der Waals surface area contributed by atoms with Crippen LogP contribution in [0, 0.1) is 5.82 Å². The smallest absolute Gasteiger partial charge is 0.243 e. The van der Waals surface area contributed by atoms with Gasteiger partial charge < -0.3 is 9.47 Å². The molecule has 0 saturated carbocycles. The van der Waals surface area contributed by atoms with E-state index in [1.807, 2.05) is 0 Å². The van der Waals surface area contributed by atoms with Crippen molar-refractivity contribution in [3.05, 3.63) is 59.9 Å². The van der Waals surface area contributed by atoms with Crippen LogP contribution in [0.2, 0.25) is 0 Å². The minimum atomic E-state index is -4.04. The van der Waals surface area contributed by atoms with E-state index in [0.717, 1.165) is 25.7 Å². The molecule has 2 atom stereocenters. The molecule has 4 rings (SSSR count). The molecule has 0 unspecified atom stereocenters. The highest BCUT2D eigenvalue weighted by molar-refractivity contribution is 7.89. The summed E-state index contributed by atoms with van der Waals surface area (Å²) >= 11 is 0. The standard InChI is InChI=1S/C23H29FN2O6S2/c24-23-8-2-1-5-18(23)16-26(17-20-7-4-14-32-20)34(29,30)22-11-9-21(10-12-22)33(27,28)25-15-19-6-3-13-31-19/h1-2,5,8-12,19-20,25H,3-4,6-7,13-17H2/t19-,20-/m0/s1. The Labute approximate surface area is 200 Å². The number of hydrogen-bond donors (Lipinski definition) is 1. The van der Waals surface area contributed by atoms with Crippen molar-refractivity contribution in [2.75, 3.05) is 26.3 Å². The third-order valence-electron chi connectivity index (χ3n) is 6.03. The monoisotopic (exact) mass is 512 g/mol. The quantitative estimate of drug-likeness (QED) is 0.525. The van der Waals surface area contributed by atoms with Crippen molar-refractivity contribution >= 4 is 20.0 Å². The first kappa shape index (κ1) is 25.2. The highest BCUT2D eigenvalue weighted by Gasteiger charge is 2.30. The Hall–Kier alpha value is -1.89. The van der Waals surface area contributed by atoms with Crippen LogP contribution in [0.5, 0.6) is 0 Å². The molecule has 2 aromatic rings. The third-order valence-corrected chi connectivity index (χ3v) is 9.30. The zero-order valence-electron chi connectivity index (χ0n) is 18.7. The second-order valence-corrected chi connectivity index (χ2v) is 12.2. The van der Waals surface area contributed by atoms with Gasteiger partial charge in [-0.25, -0.2) is 25.9 Å². The van der Waals surface area contributed by atoms with Crippen molar-refractivity contribution < 1.29 is 30.7 Å². The number of sulfonamides is 2. The molecule has 11 heteroatoms. The lowest BCUT2D eigenvalue weighted by Gasteiger charge is -2.25. The van der Waals surface area contributed by atoms with Crippen LogP contribution >= 0.6 is 0 Å². The summed E-state index contributed by atoms with van der Waals surface area (Å²) in [6, 6.07) is 11.1. The number of ether oxygens (including phenoxy) is 2. The number of hydrogen-bond acceptors (Lipinski definition) is 6. The van der Waals surface area contributed by atoms with Gasteiger partial charge in [-0.2, -0.15) is 4.31 Å². The Morgan fingerprint density at radius 1 is 0.882 bits per heavy atom. The summed E-state index contributed by atoms with van der Waals surface area (Å²) in [5.74, 6) is -0.492. The number of rotatable bonds is 10. The van der Waals surface area contributed by atoms with Gasteiger partial charge in [0.05, 0.1) is 22.0 Å². The normalized spacial score (nSPS) is 21.4. The molecule has 186 valence electrons. The summed E-state index contributed by atoms with van der Waals surface area (Å²) in [7, 11) is -7.85. The van der Waals surface area contributed by atoms with Crippen LogP contribution in [0.15, 0.2) is 58.3 Å². The van der Waals surface area contributed by atoms with E-state index in [0.29, 0.717) is 13.2 Å². The lowest BCUT2D eigenvalue weighted by atomic mass is 10.2. The van der Waals surface area contributed by atoms with Gasteiger partial charge in [-0.1, -0.05) is 18.2 Å². The Kier molecular flexibility index (Phi) is 8.01. The Bertz CT molecular complexity index is 1180. The summed E-state index contributed by atoms with van der Waals surface area (Å²) in [6.07, 6.45) is 2.82. The number of benzene rings is 2. The SMILES string of the molecule is O=S(=O)(NC[C@@H]1CCCO1)c1ccc(S(=O)(=O)N(Cc2ccccc2F)C[C@@H]2CCCO2)cc1. The molecule has 2 aliphatic heterocycles. The van der Waals surface area contributed by atoms with Crippen molar-refractivity contribution in [2.45, 2.75) is 54.2 Å². The van der Waals surface area contributed by atoms with E-state index in [1.165, 1.54) is 34.6 Å². The van der Waals surface area contributed by atoms with Gasteiger partial charge in [-0.3, -0.25) is 0 Å². The maximum Gasteiger partial charge on any atom is 0.243 e. The van der Waals surface area contributed by atoms with Gasteiger partial charge in [0.2, 0.25) is 20.0 Å². The maximum absolute atomic E-state index is 14.3. The van der Waals surface area contributed by atoms with Gasteiger partial charge >= 0.3 is 0 Å².